The Hall–Kier alpha value is -0.680. The third kappa shape index (κ3) is 2.92. The van der Waals surface area contributed by atoms with Gasteiger partial charge in [-0.3, -0.25) is 4.90 Å². The van der Waals surface area contributed by atoms with E-state index < -0.39 is 0 Å². The van der Waals surface area contributed by atoms with Crippen LogP contribution in [-0.4, -0.2) is 42.9 Å². The van der Waals surface area contributed by atoms with Crippen molar-refractivity contribution in [3.05, 3.63) is 35.0 Å². The highest BCUT2D eigenvalue weighted by atomic mass is 32.1. The van der Waals surface area contributed by atoms with Crippen LogP contribution in [0.2, 0.25) is 0 Å². The van der Waals surface area contributed by atoms with Crippen molar-refractivity contribution in [1.82, 2.24) is 4.90 Å². The minimum Gasteiger partial charge on any atom is -0.374 e. The maximum Gasteiger partial charge on any atom is 0.0995 e. The Bertz CT molecular complexity index is 406. The average molecular weight is 279 g/mol. The molecule has 1 aliphatic heterocycles. The summed E-state index contributed by atoms with van der Waals surface area (Å²) in [7, 11) is 0. The van der Waals surface area contributed by atoms with E-state index >= 15 is 0 Å². The summed E-state index contributed by atoms with van der Waals surface area (Å²) in [5.74, 6) is 0. The van der Waals surface area contributed by atoms with Gasteiger partial charge in [-0.2, -0.15) is 11.3 Å². The first-order valence-corrected chi connectivity index (χ1v) is 7.92. The highest BCUT2D eigenvalue weighted by Crippen LogP contribution is 2.32. The van der Waals surface area contributed by atoms with Crippen molar-refractivity contribution in [1.29, 1.82) is 0 Å². The number of hydrogen-bond donors (Lipinski definition) is 0. The van der Waals surface area contributed by atoms with Crippen molar-refractivity contribution in [2.45, 2.75) is 37.6 Å². The van der Waals surface area contributed by atoms with Gasteiger partial charge in [0.15, 0.2) is 0 Å². The molecule has 2 fully saturated rings. The van der Waals surface area contributed by atoms with Crippen molar-refractivity contribution in [3.63, 3.8) is 0 Å². The van der Waals surface area contributed by atoms with Crippen LogP contribution < -0.4 is 0 Å². The molecule has 4 heteroatoms. The quantitative estimate of drug-likeness (QED) is 0.774. The molecule has 0 amide bonds. The van der Waals surface area contributed by atoms with Crippen LogP contribution in [0, 0.1) is 0 Å². The summed E-state index contributed by atoms with van der Waals surface area (Å²) < 4.78 is 11.9. The molecule has 1 aliphatic carbocycles. The fourth-order valence-electron chi connectivity index (χ4n) is 3.18. The minimum atomic E-state index is 0.208. The van der Waals surface area contributed by atoms with Gasteiger partial charge in [0.1, 0.15) is 0 Å². The molecule has 2 heterocycles. The van der Waals surface area contributed by atoms with Gasteiger partial charge in [-0.05, 0) is 35.2 Å². The predicted molar refractivity (Wildman–Crippen MR) is 77.4 cm³/mol. The molecule has 0 radical (unpaired) electrons. The molecule has 3 nitrogen and oxygen atoms in total. The van der Waals surface area contributed by atoms with Gasteiger partial charge in [-0.15, -0.1) is 6.58 Å². The van der Waals surface area contributed by atoms with Gasteiger partial charge in [-0.1, -0.05) is 6.08 Å². The van der Waals surface area contributed by atoms with Gasteiger partial charge < -0.3 is 9.47 Å². The van der Waals surface area contributed by atoms with Gasteiger partial charge in [-0.25, -0.2) is 0 Å². The topological polar surface area (TPSA) is 21.7 Å². The molecule has 1 saturated heterocycles. The monoisotopic (exact) mass is 279 g/mol. The molecular formula is C15H21NO2S. The number of fused-ring (bicyclic) bond motifs is 2. The molecule has 3 atom stereocenters. The molecule has 1 aromatic heterocycles. The van der Waals surface area contributed by atoms with E-state index in [1.807, 2.05) is 6.08 Å². The molecule has 2 bridgehead atoms. The molecule has 2 aliphatic rings. The summed E-state index contributed by atoms with van der Waals surface area (Å²) in [5, 5.41) is 4.38. The van der Waals surface area contributed by atoms with Gasteiger partial charge in [0, 0.05) is 19.1 Å². The van der Waals surface area contributed by atoms with E-state index in [9.17, 15) is 0 Å². The number of nitrogens with zero attached hydrogens (tertiary/aromatic N) is 1. The Morgan fingerprint density at radius 1 is 1.53 bits per heavy atom. The smallest absolute Gasteiger partial charge is 0.0995 e. The lowest BCUT2D eigenvalue weighted by Gasteiger charge is -2.30. The summed E-state index contributed by atoms with van der Waals surface area (Å²) in [6.45, 7) is 7.19. The molecule has 0 unspecified atom stereocenters. The first-order chi connectivity index (χ1) is 9.38. The summed E-state index contributed by atoms with van der Waals surface area (Å²) in [4.78, 5) is 2.53. The maximum absolute atomic E-state index is 5.97. The number of hydrogen-bond acceptors (Lipinski definition) is 4. The van der Waals surface area contributed by atoms with Crippen LogP contribution in [0.15, 0.2) is 29.5 Å². The average Bonchev–Trinajstić information content (AvgIpc) is 2.99. The summed E-state index contributed by atoms with van der Waals surface area (Å²) in [6.07, 6.45) is 4.60. The van der Waals surface area contributed by atoms with E-state index in [0.717, 1.165) is 26.1 Å². The molecule has 0 aromatic carbocycles. The Morgan fingerprint density at radius 3 is 3.26 bits per heavy atom. The lowest BCUT2D eigenvalue weighted by atomic mass is 10.1. The summed E-state index contributed by atoms with van der Waals surface area (Å²) in [6, 6.07) is 2.70. The van der Waals surface area contributed by atoms with Crippen molar-refractivity contribution >= 4 is 11.3 Å². The Kier molecular flexibility index (Phi) is 4.33. The Labute approximate surface area is 118 Å². The highest BCUT2D eigenvalue weighted by Gasteiger charge is 2.42. The minimum absolute atomic E-state index is 0.208. The van der Waals surface area contributed by atoms with Crippen LogP contribution >= 0.6 is 11.3 Å². The fourth-order valence-corrected chi connectivity index (χ4v) is 3.84. The first kappa shape index (κ1) is 13.3. The van der Waals surface area contributed by atoms with E-state index in [2.05, 4.69) is 28.3 Å². The van der Waals surface area contributed by atoms with Crippen LogP contribution in [0.4, 0.5) is 0 Å². The Balaban J connectivity index is 1.71. The molecule has 104 valence electrons. The summed E-state index contributed by atoms with van der Waals surface area (Å²) in [5.41, 5.74) is 1.40. The van der Waals surface area contributed by atoms with Crippen LogP contribution in [-0.2, 0) is 16.0 Å². The van der Waals surface area contributed by atoms with E-state index in [4.69, 9.17) is 9.47 Å². The number of thiophene rings is 1. The largest absolute Gasteiger partial charge is 0.374 e. The highest BCUT2D eigenvalue weighted by molar-refractivity contribution is 7.07. The normalized spacial score (nSPS) is 31.3. The van der Waals surface area contributed by atoms with E-state index in [1.54, 1.807) is 11.3 Å². The fraction of sp³-hybridized carbons (Fsp3) is 0.600. The zero-order valence-corrected chi connectivity index (χ0v) is 12.0. The van der Waals surface area contributed by atoms with Crippen molar-refractivity contribution in [2.24, 2.45) is 0 Å². The van der Waals surface area contributed by atoms with E-state index in [-0.39, 0.29) is 12.2 Å². The van der Waals surface area contributed by atoms with Gasteiger partial charge in [0.05, 0.1) is 25.4 Å². The lowest BCUT2D eigenvalue weighted by molar-refractivity contribution is -0.0447. The zero-order chi connectivity index (χ0) is 13.1. The second kappa shape index (κ2) is 6.18. The van der Waals surface area contributed by atoms with Crippen molar-refractivity contribution in [2.75, 3.05) is 19.8 Å². The summed E-state index contributed by atoms with van der Waals surface area (Å²) >= 11 is 1.76. The zero-order valence-electron chi connectivity index (χ0n) is 11.2. The third-order valence-corrected chi connectivity index (χ3v) is 4.78. The maximum atomic E-state index is 5.97. The van der Waals surface area contributed by atoms with E-state index in [0.29, 0.717) is 12.6 Å². The number of ether oxygens (including phenoxy) is 2. The first-order valence-electron chi connectivity index (χ1n) is 6.97. The molecule has 0 spiro atoms. The molecular weight excluding hydrogens is 258 g/mol. The second-order valence-electron chi connectivity index (χ2n) is 5.24. The molecule has 1 aromatic rings. The van der Waals surface area contributed by atoms with Gasteiger partial charge >= 0.3 is 0 Å². The van der Waals surface area contributed by atoms with Crippen molar-refractivity contribution in [3.8, 4) is 0 Å². The van der Waals surface area contributed by atoms with Gasteiger partial charge in [0.2, 0.25) is 0 Å². The van der Waals surface area contributed by atoms with Crippen molar-refractivity contribution < 1.29 is 9.47 Å². The molecule has 19 heavy (non-hydrogen) atoms. The Morgan fingerprint density at radius 2 is 2.47 bits per heavy atom. The third-order valence-electron chi connectivity index (χ3n) is 4.04. The predicted octanol–water partition coefficient (Wildman–Crippen LogP) is 2.68. The van der Waals surface area contributed by atoms with Crippen LogP contribution in [0.5, 0.6) is 0 Å². The van der Waals surface area contributed by atoms with Crippen LogP contribution in [0.3, 0.4) is 0 Å². The van der Waals surface area contributed by atoms with E-state index in [1.165, 1.54) is 12.0 Å². The number of rotatable bonds is 5. The molecule has 1 saturated carbocycles. The molecule has 0 N–H and O–H groups in total. The SMILES string of the molecule is C=CCO[C@H]1[C@H]2CC[C@H]1OCCN2Cc1ccsc1. The molecule has 3 rings (SSSR count). The van der Waals surface area contributed by atoms with Gasteiger partial charge in [0.25, 0.3) is 0 Å². The lowest BCUT2D eigenvalue weighted by Crippen LogP contribution is -2.42. The van der Waals surface area contributed by atoms with Crippen LogP contribution in [0.1, 0.15) is 18.4 Å². The van der Waals surface area contributed by atoms with Crippen LogP contribution in [0.25, 0.3) is 0 Å². The standard InChI is InChI=1S/C15H21NO2S/c1-2-7-18-15-13-3-4-14(15)17-8-6-16(13)10-12-5-9-19-11-12/h2,5,9,11,13-15H,1,3-4,6-8,10H2/t13-,14-,15+/m1/s1. The second-order valence-corrected chi connectivity index (χ2v) is 6.02.